The Morgan fingerprint density at radius 1 is 0.632 bits per heavy atom. The van der Waals surface area contributed by atoms with E-state index in [1.54, 1.807) is 36.5 Å². The largest absolute Gasteiger partial charge is 0.418 e. The molecule has 38 heavy (non-hydrogen) atoms. The van der Waals surface area contributed by atoms with Crippen molar-refractivity contribution < 1.29 is 27.6 Å². The molecule has 8 nitrogen and oxygen atoms in total. The second-order valence-corrected chi connectivity index (χ2v) is 7.93. The van der Waals surface area contributed by atoms with Crippen LogP contribution in [0.1, 0.15) is 26.3 Å². The van der Waals surface area contributed by atoms with Gasteiger partial charge in [0.25, 0.3) is 11.8 Å². The van der Waals surface area contributed by atoms with Crippen molar-refractivity contribution in [2.24, 2.45) is 0 Å². The summed E-state index contributed by atoms with van der Waals surface area (Å²) in [5.41, 5.74) is 0.397. The zero-order chi connectivity index (χ0) is 27.1. The minimum Gasteiger partial charge on any atom is -0.322 e. The summed E-state index contributed by atoms with van der Waals surface area (Å²) in [5.74, 6) is -0.842. The summed E-state index contributed by atoms with van der Waals surface area (Å²) in [6, 6.07) is 19.2. The van der Waals surface area contributed by atoms with Gasteiger partial charge in [0, 0.05) is 28.7 Å². The number of nitrogens with one attached hydrogen (secondary N) is 4. The van der Waals surface area contributed by atoms with Crippen molar-refractivity contribution >= 4 is 40.6 Å². The number of nitrogens with zero attached hydrogens (tertiary/aromatic N) is 1. The molecule has 1 aromatic heterocycles. The van der Waals surface area contributed by atoms with Gasteiger partial charge in [0.15, 0.2) is 0 Å². The van der Waals surface area contributed by atoms with Crippen molar-refractivity contribution in [3.63, 3.8) is 0 Å². The number of alkyl halides is 3. The van der Waals surface area contributed by atoms with E-state index < -0.39 is 23.7 Å². The van der Waals surface area contributed by atoms with Crippen LogP contribution in [0.5, 0.6) is 0 Å². The second-order valence-electron chi connectivity index (χ2n) is 7.93. The molecule has 4 amide bonds. The summed E-state index contributed by atoms with van der Waals surface area (Å²) >= 11 is 0. The van der Waals surface area contributed by atoms with E-state index in [1.807, 2.05) is 0 Å². The maximum absolute atomic E-state index is 13.1. The van der Waals surface area contributed by atoms with Crippen LogP contribution in [0.4, 0.5) is 40.7 Å². The Morgan fingerprint density at radius 3 is 2.03 bits per heavy atom. The van der Waals surface area contributed by atoms with E-state index in [2.05, 4.69) is 26.3 Å². The van der Waals surface area contributed by atoms with Gasteiger partial charge in [-0.05, 0) is 66.7 Å². The third kappa shape index (κ3) is 6.72. The minimum atomic E-state index is -4.62. The van der Waals surface area contributed by atoms with Crippen molar-refractivity contribution in [1.82, 2.24) is 4.98 Å². The van der Waals surface area contributed by atoms with Crippen LogP contribution in [0.15, 0.2) is 97.3 Å². The van der Waals surface area contributed by atoms with Crippen LogP contribution in [0.2, 0.25) is 0 Å². The van der Waals surface area contributed by atoms with E-state index in [0.29, 0.717) is 16.9 Å². The lowest BCUT2D eigenvalue weighted by atomic mass is 10.1. The molecular formula is C27H20F3N5O3. The van der Waals surface area contributed by atoms with Gasteiger partial charge < -0.3 is 21.3 Å². The summed E-state index contributed by atoms with van der Waals surface area (Å²) in [6.07, 6.45) is -1.53. The number of carbonyl (C=O) groups excluding carboxylic acids is 3. The summed E-state index contributed by atoms with van der Waals surface area (Å²) in [4.78, 5) is 41.3. The second kappa shape index (κ2) is 11.2. The van der Waals surface area contributed by atoms with Crippen LogP contribution in [-0.4, -0.2) is 22.8 Å². The molecule has 0 saturated carbocycles. The van der Waals surface area contributed by atoms with Gasteiger partial charge in [-0.25, -0.2) is 4.79 Å². The molecule has 3 aromatic carbocycles. The van der Waals surface area contributed by atoms with Crippen molar-refractivity contribution in [2.75, 3.05) is 21.3 Å². The fourth-order valence-electron chi connectivity index (χ4n) is 3.41. The van der Waals surface area contributed by atoms with Crippen molar-refractivity contribution in [2.45, 2.75) is 6.18 Å². The van der Waals surface area contributed by atoms with Crippen molar-refractivity contribution in [1.29, 1.82) is 0 Å². The number of pyridine rings is 1. The number of rotatable bonds is 6. The quantitative estimate of drug-likeness (QED) is 0.241. The molecule has 1 heterocycles. The highest BCUT2D eigenvalue weighted by Gasteiger charge is 2.33. The summed E-state index contributed by atoms with van der Waals surface area (Å²) in [6.45, 7) is 0. The number of carbonyl (C=O) groups is 3. The average Bonchev–Trinajstić information content (AvgIpc) is 2.89. The van der Waals surface area contributed by atoms with E-state index in [-0.39, 0.29) is 22.8 Å². The number of amides is 4. The standard InChI is InChI=1S/C27H20F3N5O3/c28-27(29,30)22-8-1-2-9-23(22)35-26(38)34-19-12-10-17(11-13-19)24(36)32-20-6-3-5-18(15-20)25(37)33-21-7-4-14-31-16-21/h1-16H,(H,32,36)(H,33,37)(H2,34,35,38). The van der Waals surface area contributed by atoms with Gasteiger partial charge in [-0.3, -0.25) is 14.6 Å². The number of benzene rings is 3. The fourth-order valence-corrected chi connectivity index (χ4v) is 3.41. The topological polar surface area (TPSA) is 112 Å². The van der Waals surface area contributed by atoms with Crippen molar-refractivity contribution in [3.8, 4) is 0 Å². The molecule has 4 aromatic rings. The van der Waals surface area contributed by atoms with Gasteiger partial charge in [-0.2, -0.15) is 13.2 Å². The maximum Gasteiger partial charge on any atom is 0.418 e. The first-order chi connectivity index (χ1) is 18.2. The Hall–Kier alpha value is -5.19. The van der Waals surface area contributed by atoms with Crippen LogP contribution in [-0.2, 0) is 6.18 Å². The van der Waals surface area contributed by atoms with Gasteiger partial charge in [-0.1, -0.05) is 18.2 Å². The maximum atomic E-state index is 13.1. The molecular weight excluding hydrogens is 499 g/mol. The highest BCUT2D eigenvalue weighted by Crippen LogP contribution is 2.34. The van der Waals surface area contributed by atoms with E-state index in [4.69, 9.17) is 0 Å². The first-order valence-electron chi connectivity index (χ1n) is 11.2. The third-order valence-corrected chi connectivity index (χ3v) is 5.19. The Kier molecular flexibility index (Phi) is 7.66. The molecule has 0 radical (unpaired) electrons. The molecule has 4 rings (SSSR count). The lowest BCUT2D eigenvalue weighted by Gasteiger charge is -2.14. The van der Waals surface area contributed by atoms with Gasteiger partial charge in [0.1, 0.15) is 0 Å². The summed E-state index contributed by atoms with van der Waals surface area (Å²) in [5, 5.41) is 10.0. The first kappa shape index (κ1) is 25.9. The average molecular weight is 519 g/mol. The highest BCUT2D eigenvalue weighted by molar-refractivity contribution is 6.07. The number of urea groups is 1. The fraction of sp³-hybridized carbons (Fsp3) is 0.0370. The third-order valence-electron chi connectivity index (χ3n) is 5.19. The van der Waals surface area contributed by atoms with Crippen LogP contribution >= 0.6 is 0 Å². The van der Waals surface area contributed by atoms with E-state index in [0.717, 1.165) is 12.1 Å². The molecule has 0 saturated heterocycles. The number of hydrogen-bond donors (Lipinski definition) is 4. The van der Waals surface area contributed by atoms with E-state index in [1.165, 1.54) is 48.7 Å². The van der Waals surface area contributed by atoms with Gasteiger partial charge in [0.2, 0.25) is 0 Å². The van der Waals surface area contributed by atoms with Crippen LogP contribution in [0.25, 0.3) is 0 Å². The molecule has 0 spiro atoms. The van der Waals surface area contributed by atoms with E-state index >= 15 is 0 Å². The predicted molar refractivity (Wildman–Crippen MR) is 137 cm³/mol. The molecule has 0 fully saturated rings. The predicted octanol–water partition coefficient (Wildman–Crippen LogP) is 6.25. The number of para-hydroxylation sites is 1. The molecule has 4 N–H and O–H groups in total. The lowest BCUT2D eigenvalue weighted by molar-refractivity contribution is -0.136. The van der Waals surface area contributed by atoms with Gasteiger partial charge in [0.05, 0.1) is 23.1 Å². The minimum absolute atomic E-state index is 0.253. The molecule has 192 valence electrons. The Bertz CT molecular complexity index is 1460. The number of hydrogen-bond acceptors (Lipinski definition) is 4. The highest BCUT2D eigenvalue weighted by atomic mass is 19.4. The summed E-state index contributed by atoms with van der Waals surface area (Å²) < 4.78 is 39.4. The molecule has 0 aliphatic carbocycles. The van der Waals surface area contributed by atoms with Gasteiger partial charge in [-0.15, -0.1) is 0 Å². The summed E-state index contributed by atoms with van der Waals surface area (Å²) in [7, 11) is 0. The Balaban J connectivity index is 1.36. The SMILES string of the molecule is O=C(Nc1ccc(C(=O)Nc2cccc(C(=O)Nc3cccnc3)c2)cc1)Nc1ccccc1C(F)(F)F. The Morgan fingerprint density at radius 2 is 1.32 bits per heavy atom. The number of aromatic nitrogens is 1. The lowest BCUT2D eigenvalue weighted by Crippen LogP contribution is -2.22. The van der Waals surface area contributed by atoms with E-state index in [9.17, 15) is 27.6 Å². The zero-order valence-electron chi connectivity index (χ0n) is 19.5. The molecule has 0 bridgehead atoms. The zero-order valence-corrected chi connectivity index (χ0v) is 19.5. The molecule has 0 aliphatic heterocycles. The van der Waals surface area contributed by atoms with Crippen LogP contribution in [0, 0.1) is 0 Å². The number of halogens is 3. The normalized spacial score (nSPS) is 10.8. The molecule has 11 heteroatoms. The monoisotopic (exact) mass is 519 g/mol. The number of anilines is 4. The first-order valence-corrected chi connectivity index (χ1v) is 11.2. The van der Waals surface area contributed by atoms with Crippen LogP contribution in [0.3, 0.4) is 0 Å². The van der Waals surface area contributed by atoms with Crippen LogP contribution < -0.4 is 21.3 Å². The van der Waals surface area contributed by atoms with Crippen molar-refractivity contribution in [3.05, 3.63) is 114 Å². The molecule has 0 aliphatic rings. The Labute approximate surface area is 214 Å². The smallest absolute Gasteiger partial charge is 0.322 e. The van der Waals surface area contributed by atoms with Gasteiger partial charge >= 0.3 is 12.2 Å². The molecule has 0 atom stereocenters. The molecule has 0 unspecified atom stereocenters.